The SMILES string of the molecule is O=C(O)CCCc1ccc(NS(=O)(=O)c2ccc(Cl)cc2)cn1. The molecule has 0 fully saturated rings. The number of rotatable bonds is 7. The Bertz CT molecular complexity index is 774. The van der Waals surface area contributed by atoms with Gasteiger partial charge in [0.05, 0.1) is 16.8 Å². The molecular weight excluding hydrogens is 340 g/mol. The Labute approximate surface area is 139 Å². The minimum Gasteiger partial charge on any atom is -0.481 e. The van der Waals surface area contributed by atoms with Crippen LogP contribution in [0.25, 0.3) is 0 Å². The Kier molecular flexibility index (Phi) is 5.57. The summed E-state index contributed by atoms with van der Waals surface area (Å²) in [5, 5.41) is 9.04. The fraction of sp³-hybridized carbons (Fsp3) is 0.200. The number of pyridine rings is 1. The third-order valence-electron chi connectivity index (χ3n) is 3.02. The van der Waals surface area contributed by atoms with Crippen molar-refractivity contribution in [2.75, 3.05) is 4.72 Å². The van der Waals surface area contributed by atoms with Gasteiger partial charge in [-0.15, -0.1) is 0 Å². The van der Waals surface area contributed by atoms with Gasteiger partial charge in [-0.3, -0.25) is 14.5 Å². The van der Waals surface area contributed by atoms with Gasteiger partial charge < -0.3 is 5.11 Å². The van der Waals surface area contributed by atoms with E-state index < -0.39 is 16.0 Å². The van der Waals surface area contributed by atoms with Gasteiger partial charge in [-0.25, -0.2) is 8.42 Å². The Morgan fingerprint density at radius 1 is 1.17 bits per heavy atom. The largest absolute Gasteiger partial charge is 0.481 e. The summed E-state index contributed by atoms with van der Waals surface area (Å²) in [5.41, 5.74) is 1.04. The number of nitrogens with zero attached hydrogens (tertiary/aromatic N) is 1. The lowest BCUT2D eigenvalue weighted by Crippen LogP contribution is -2.13. The molecule has 2 N–H and O–H groups in total. The molecule has 8 heteroatoms. The van der Waals surface area contributed by atoms with E-state index >= 15 is 0 Å². The van der Waals surface area contributed by atoms with Gasteiger partial charge in [0.1, 0.15) is 0 Å². The maximum absolute atomic E-state index is 12.2. The predicted octanol–water partition coefficient (Wildman–Crippen LogP) is 2.94. The van der Waals surface area contributed by atoms with Crippen molar-refractivity contribution in [1.82, 2.24) is 4.98 Å². The summed E-state index contributed by atoms with van der Waals surface area (Å²) in [4.78, 5) is 14.7. The summed E-state index contributed by atoms with van der Waals surface area (Å²) in [6, 6.07) is 9.09. The van der Waals surface area contributed by atoms with Gasteiger partial charge in [-0.2, -0.15) is 0 Å². The molecule has 0 amide bonds. The minimum atomic E-state index is -3.70. The van der Waals surface area contributed by atoms with Crippen LogP contribution in [0.1, 0.15) is 18.5 Å². The average Bonchev–Trinajstić information content (AvgIpc) is 2.49. The van der Waals surface area contributed by atoms with Crippen molar-refractivity contribution in [3.05, 3.63) is 53.3 Å². The van der Waals surface area contributed by atoms with Crippen LogP contribution in [0.15, 0.2) is 47.5 Å². The van der Waals surface area contributed by atoms with Crippen LogP contribution in [-0.4, -0.2) is 24.5 Å². The number of carboxylic acid groups (broad SMARTS) is 1. The lowest BCUT2D eigenvalue weighted by atomic mass is 10.2. The van der Waals surface area contributed by atoms with E-state index in [1.165, 1.54) is 30.5 Å². The summed E-state index contributed by atoms with van der Waals surface area (Å²) >= 11 is 5.74. The molecule has 6 nitrogen and oxygen atoms in total. The molecule has 0 spiro atoms. The molecule has 0 saturated carbocycles. The number of carboxylic acids is 1. The van der Waals surface area contributed by atoms with Crippen molar-refractivity contribution in [2.45, 2.75) is 24.2 Å². The van der Waals surface area contributed by atoms with Crippen LogP contribution in [0.5, 0.6) is 0 Å². The lowest BCUT2D eigenvalue weighted by molar-refractivity contribution is -0.137. The second-order valence-electron chi connectivity index (χ2n) is 4.84. The number of aliphatic carboxylic acids is 1. The van der Waals surface area contributed by atoms with Crippen molar-refractivity contribution in [2.24, 2.45) is 0 Å². The molecule has 122 valence electrons. The number of hydrogen-bond acceptors (Lipinski definition) is 4. The smallest absolute Gasteiger partial charge is 0.303 e. The topological polar surface area (TPSA) is 96.4 Å². The average molecular weight is 355 g/mol. The molecule has 0 aliphatic rings. The molecule has 0 aliphatic carbocycles. The predicted molar refractivity (Wildman–Crippen MR) is 87.1 cm³/mol. The van der Waals surface area contributed by atoms with Crippen molar-refractivity contribution < 1.29 is 18.3 Å². The molecule has 0 saturated heterocycles. The molecule has 0 aliphatic heterocycles. The highest BCUT2D eigenvalue weighted by atomic mass is 35.5. The maximum Gasteiger partial charge on any atom is 0.303 e. The number of nitrogens with one attached hydrogen (secondary N) is 1. The number of benzene rings is 1. The third kappa shape index (κ3) is 5.22. The molecule has 1 aromatic carbocycles. The first kappa shape index (κ1) is 17.2. The Hall–Kier alpha value is -2.12. The highest BCUT2D eigenvalue weighted by Gasteiger charge is 2.14. The molecular formula is C15H15ClN2O4S. The number of sulfonamides is 1. The highest BCUT2D eigenvalue weighted by Crippen LogP contribution is 2.18. The van der Waals surface area contributed by atoms with E-state index in [4.69, 9.17) is 16.7 Å². The van der Waals surface area contributed by atoms with Gasteiger partial charge in [-0.1, -0.05) is 11.6 Å². The molecule has 0 atom stereocenters. The molecule has 0 bridgehead atoms. The molecule has 2 aromatic rings. The Morgan fingerprint density at radius 3 is 2.43 bits per heavy atom. The Balaban J connectivity index is 2.02. The van der Waals surface area contributed by atoms with E-state index in [1.54, 1.807) is 12.1 Å². The summed E-state index contributed by atoms with van der Waals surface area (Å²) in [7, 11) is -3.70. The fourth-order valence-electron chi connectivity index (χ4n) is 1.88. The number of anilines is 1. The summed E-state index contributed by atoms with van der Waals surface area (Å²) < 4.78 is 26.8. The third-order valence-corrected chi connectivity index (χ3v) is 4.67. The van der Waals surface area contributed by atoms with Gasteiger partial charge in [0, 0.05) is 17.1 Å². The van der Waals surface area contributed by atoms with Crippen molar-refractivity contribution in [1.29, 1.82) is 0 Å². The zero-order chi connectivity index (χ0) is 16.9. The van der Waals surface area contributed by atoms with E-state index in [0.29, 0.717) is 29.2 Å². The molecule has 1 aromatic heterocycles. The number of aromatic nitrogens is 1. The molecule has 23 heavy (non-hydrogen) atoms. The van der Waals surface area contributed by atoms with Crippen LogP contribution in [0.4, 0.5) is 5.69 Å². The summed E-state index contributed by atoms with van der Waals surface area (Å²) in [6.45, 7) is 0. The maximum atomic E-state index is 12.2. The first-order valence-corrected chi connectivity index (χ1v) is 8.68. The summed E-state index contributed by atoms with van der Waals surface area (Å²) in [5.74, 6) is -0.850. The van der Waals surface area contributed by atoms with E-state index in [2.05, 4.69) is 9.71 Å². The highest BCUT2D eigenvalue weighted by molar-refractivity contribution is 7.92. The zero-order valence-corrected chi connectivity index (χ0v) is 13.6. The first-order valence-electron chi connectivity index (χ1n) is 6.82. The van der Waals surface area contributed by atoms with E-state index in [1.807, 2.05) is 0 Å². The molecule has 0 radical (unpaired) electrons. The standard InChI is InChI=1S/C15H15ClN2O4S/c16-11-4-8-14(9-5-11)23(21,22)18-13-7-6-12(17-10-13)2-1-3-15(19)20/h4-10,18H,1-3H2,(H,19,20). The lowest BCUT2D eigenvalue weighted by Gasteiger charge is -2.08. The second kappa shape index (κ2) is 7.43. The van der Waals surface area contributed by atoms with Gasteiger partial charge >= 0.3 is 5.97 Å². The van der Waals surface area contributed by atoms with Crippen molar-refractivity contribution >= 4 is 33.3 Å². The molecule has 0 unspecified atom stereocenters. The Morgan fingerprint density at radius 2 is 1.87 bits per heavy atom. The van der Waals surface area contributed by atoms with Crippen LogP contribution in [0.2, 0.25) is 5.02 Å². The number of aryl methyl sites for hydroxylation is 1. The number of halogens is 1. The van der Waals surface area contributed by atoms with Crippen LogP contribution in [0, 0.1) is 0 Å². The van der Waals surface area contributed by atoms with Crippen LogP contribution in [-0.2, 0) is 21.2 Å². The van der Waals surface area contributed by atoms with E-state index in [-0.39, 0.29) is 11.3 Å². The van der Waals surface area contributed by atoms with Gasteiger partial charge in [0.2, 0.25) is 0 Å². The molecule has 2 rings (SSSR count). The fourth-order valence-corrected chi connectivity index (χ4v) is 3.05. The summed E-state index contributed by atoms with van der Waals surface area (Å²) in [6.07, 6.45) is 2.49. The van der Waals surface area contributed by atoms with Crippen molar-refractivity contribution in [3.8, 4) is 0 Å². The van der Waals surface area contributed by atoms with Gasteiger partial charge in [-0.05, 0) is 49.2 Å². The van der Waals surface area contributed by atoms with Gasteiger partial charge in [0.25, 0.3) is 10.0 Å². The van der Waals surface area contributed by atoms with E-state index in [9.17, 15) is 13.2 Å². The first-order chi connectivity index (χ1) is 10.9. The van der Waals surface area contributed by atoms with Gasteiger partial charge in [0.15, 0.2) is 0 Å². The second-order valence-corrected chi connectivity index (χ2v) is 6.96. The van der Waals surface area contributed by atoms with Crippen LogP contribution < -0.4 is 4.72 Å². The van der Waals surface area contributed by atoms with Crippen molar-refractivity contribution in [3.63, 3.8) is 0 Å². The quantitative estimate of drug-likeness (QED) is 0.796. The molecule has 1 heterocycles. The van der Waals surface area contributed by atoms with Crippen LogP contribution in [0.3, 0.4) is 0 Å². The van der Waals surface area contributed by atoms with E-state index in [0.717, 1.165) is 0 Å². The number of hydrogen-bond donors (Lipinski definition) is 2. The monoisotopic (exact) mass is 354 g/mol. The van der Waals surface area contributed by atoms with Crippen LogP contribution >= 0.6 is 11.6 Å². The zero-order valence-electron chi connectivity index (χ0n) is 12.1. The minimum absolute atomic E-state index is 0.0760. The normalized spacial score (nSPS) is 11.2. The number of carbonyl (C=O) groups is 1.